The summed E-state index contributed by atoms with van der Waals surface area (Å²) in [6, 6.07) is 22.2. The fourth-order valence-corrected chi connectivity index (χ4v) is 5.98. The maximum atomic E-state index is 13.0. The monoisotopic (exact) mass is 488 g/mol. The number of piperidine rings is 1. The number of anilines is 1. The number of hydrogen-bond acceptors (Lipinski definition) is 3. The molecule has 0 unspecified atom stereocenters. The minimum absolute atomic E-state index is 0.168. The third-order valence-corrected chi connectivity index (χ3v) is 7.93. The van der Waals surface area contributed by atoms with Crippen molar-refractivity contribution in [3.8, 4) is 16.9 Å². The zero-order valence-electron chi connectivity index (χ0n) is 20.3. The Labute approximate surface area is 213 Å². The van der Waals surface area contributed by atoms with Gasteiger partial charge < -0.3 is 15.0 Å². The standard InChI is InChI=1S/C30H33ClN2O2/c1-35-29-14-12-24(20-27(29)22-15-17-33(18-16-22)25-9-5-6-10-25)32-30(34)23-11-13-26(28(31)19-23)21-7-3-2-4-8-21/h2-4,7-8,11-14,19-20,22,25H,5-6,9-10,15-18H2,1H3,(H,32,34). The molecule has 35 heavy (non-hydrogen) atoms. The van der Waals surface area contributed by atoms with Crippen LogP contribution in [0, 0.1) is 0 Å². The van der Waals surface area contributed by atoms with Gasteiger partial charge in [-0.2, -0.15) is 0 Å². The van der Waals surface area contributed by atoms with Crippen molar-refractivity contribution >= 4 is 23.2 Å². The Morgan fingerprint density at radius 3 is 2.37 bits per heavy atom. The summed E-state index contributed by atoms with van der Waals surface area (Å²) in [7, 11) is 1.72. The molecule has 5 rings (SSSR count). The number of methoxy groups -OCH3 is 1. The fourth-order valence-electron chi connectivity index (χ4n) is 5.69. The zero-order valence-corrected chi connectivity index (χ0v) is 21.1. The second kappa shape index (κ2) is 10.8. The van der Waals surface area contributed by atoms with E-state index < -0.39 is 0 Å². The van der Waals surface area contributed by atoms with Crippen molar-refractivity contribution in [2.24, 2.45) is 0 Å². The lowest BCUT2D eigenvalue weighted by atomic mass is 9.87. The highest BCUT2D eigenvalue weighted by Gasteiger charge is 2.29. The van der Waals surface area contributed by atoms with Gasteiger partial charge in [-0.1, -0.05) is 60.8 Å². The fraction of sp³-hybridized carbons (Fsp3) is 0.367. The predicted octanol–water partition coefficient (Wildman–Crippen LogP) is 7.39. The van der Waals surface area contributed by atoms with Crippen LogP contribution < -0.4 is 10.1 Å². The molecule has 1 heterocycles. The number of rotatable bonds is 6. The average molecular weight is 489 g/mol. The third kappa shape index (κ3) is 5.39. The Bertz CT molecular complexity index is 1170. The minimum atomic E-state index is -0.168. The van der Waals surface area contributed by atoms with E-state index in [4.69, 9.17) is 16.3 Å². The Balaban J connectivity index is 1.29. The Hall–Kier alpha value is -2.82. The van der Waals surface area contributed by atoms with Crippen molar-refractivity contribution in [2.45, 2.75) is 50.5 Å². The van der Waals surface area contributed by atoms with E-state index in [0.29, 0.717) is 16.5 Å². The second-order valence-electron chi connectivity index (χ2n) is 9.72. The van der Waals surface area contributed by atoms with Crippen LogP contribution in [-0.4, -0.2) is 37.0 Å². The lowest BCUT2D eigenvalue weighted by Crippen LogP contribution is -2.39. The highest BCUT2D eigenvalue weighted by atomic mass is 35.5. The SMILES string of the molecule is COc1ccc(NC(=O)c2ccc(-c3ccccc3)c(Cl)c2)cc1C1CCN(C2CCCC2)CC1. The van der Waals surface area contributed by atoms with Crippen LogP contribution in [0.25, 0.3) is 11.1 Å². The van der Waals surface area contributed by atoms with Crippen LogP contribution in [0.2, 0.25) is 5.02 Å². The highest BCUT2D eigenvalue weighted by Crippen LogP contribution is 2.38. The summed E-state index contributed by atoms with van der Waals surface area (Å²) in [5, 5.41) is 3.63. The van der Waals surface area contributed by atoms with Crippen LogP contribution in [0.1, 0.15) is 60.4 Å². The van der Waals surface area contributed by atoms with Gasteiger partial charge in [-0.25, -0.2) is 0 Å². The second-order valence-corrected chi connectivity index (χ2v) is 10.1. The number of ether oxygens (including phenoxy) is 1. The molecule has 0 bridgehead atoms. The molecule has 1 saturated heterocycles. The maximum absolute atomic E-state index is 13.0. The topological polar surface area (TPSA) is 41.6 Å². The molecular formula is C30H33ClN2O2. The van der Waals surface area contributed by atoms with E-state index in [-0.39, 0.29) is 5.91 Å². The van der Waals surface area contributed by atoms with Gasteiger partial charge in [-0.15, -0.1) is 0 Å². The first-order chi connectivity index (χ1) is 17.1. The summed E-state index contributed by atoms with van der Waals surface area (Å²) in [6.45, 7) is 2.28. The largest absolute Gasteiger partial charge is 0.496 e. The van der Waals surface area contributed by atoms with E-state index in [1.54, 1.807) is 13.2 Å². The molecule has 0 atom stereocenters. The first kappa shape index (κ1) is 23.9. The van der Waals surface area contributed by atoms with Crippen molar-refractivity contribution in [3.05, 3.63) is 82.9 Å². The van der Waals surface area contributed by atoms with Crippen LogP contribution in [-0.2, 0) is 0 Å². The molecule has 1 N–H and O–H groups in total. The van der Waals surface area contributed by atoms with Gasteiger partial charge in [-0.05, 0) is 86.1 Å². The van der Waals surface area contributed by atoms with Gasteiger partial charge >= 0.3 is 0 Å². The number of carbonyl (C=O) groups excluding carboxylic acids is 1. The summed E-state index contributed by atoms with van der Waals surface area (Å²) in [4.78, 5) is 15.7. The maximum Gasteiger partial charge on any atom is 0.255 e. The molecule has 182 valence electrons. The number of nitrogens with one attached hydrogen (secondary N) is 1. The summed E-state index contributed by atoms with van der Waals surface area (Å²) in [5.74, 6) is 1.18. The Morgan fingerprint density at radius 2 is 1.69 bits per heavy atom. The quantitative estimate of drug-likeness (QED) is 0.393. The highest BCUT2D eigenvalue weighted by molar-refractivity contribution is 6.33. The van der Waals surface area contributed by atoms with Gasteiger partial charge in [0.1, 0.15) is 5.75 Å². The van der Waals surface area contributed by atoms with Gasteiger partial charge in [0.2, 0.25) is 0 Å². The summed E-state index contributed by atoms with van der Waals surface area (Å²) >= 11 is 6.54. The van der Waals surface area contributed by atoms with Crippen molar-refractivity contribution in [1.29, 1.82) is 0 Å². The van der Waals surface area contributed by atoms with Crippen LogP contribution in [0.15, 0.2) is 66.7 Å². The van der Waals surface area contributed by atoms with Crippen molar-refractivity contribution in [1.82, 2.24) is 4.90 Å². The molecule has 1 amide bonds. The first-order valence-electron chi connectivity index (χ1n) is 12.7. The van der Waals surface area contributed by atoms with Crippen molar-refractivity contribution in [2.75, 3.05) is 25.5 Å². The predicted molar refractivity (Wildman–Crippen MR) is 144 cm³/mol. The molecule has 2 fully saturated rings. The van der Waals surface area contributed by atoms with E-state index in [9.17, 15) is 4.79 Å². The van der Waals surface area contributed by atoms with E-state index in [1.807, 2.05) is 54.6 Å². The summed E-state index contributed by atoms with van der Waals surface area (Å²) in [5.41, 5.74) is 4.46. The van der Waals surface area contributed by atoms with Crippen LogP contribution in [0.5, 0.6) is 5.75 Å². The normalized spacial score (nSPS) is 17.4. The smallest absolute Gasteiger partial charge is 0.255 e. The molecule has 4 nitrogen and oxygen atoms in total. The molecule has 1 saturated carbocycles. The molecule has 3 aromatic carbocycles. The Kier molecular flexibility index (Phi) is 7.40. The number of nitrogens with zero attached hydrogens (tertiary/aromatic N) is 1. The molecule has 3 aromatic rings. The minimum Gasteiger partial charge on any atom is -0.496 e. The van der Waals surface area contributed by atoms with Gasteiger partial charge in [0.15, 0.2) is 0 Å². The van der Waals surface area contributed by atoms with E-state index in [1.165, 1.54) is 31.2 Å². The molecule has 2 aliphatic rings. The number of carbonyl (C=O) groups is 1. The van der Waals surface area contributed by atoms with E-state index in [2.05, 4.69) is 16.3 Å². The van der Waals surface area contributed by atoms with Gasteiger partial charge in [-0.3, -0.25) is 4.79 Å². The van der Waals surface area contributed by atoms with Gasteiger partial charge in [0, 0.05) is 27.9 Å². The molecule has 0 aromatic heterocycles. The number of benzene rings is 3. The third-order valence-electron chi connectivity index (χ3n) is 7.61. The molecule has 5 heteroatoms. The van der Waals surface area contributed by atoms with Gasteiger partial charge in [0.25, 0.3) is 5.91 Å². The van der Waals surface area contributed by atoms with Crippen LogP contribution in [0.4, 0.5) is 5.69 Å². The molecular weight excluding hydrogens is 456 g/mol. The molecule has 0 radical (unpaired) electrons. The average Bonchev–Trinajstić information content (AvgIpc) is 3.44. The van der Waals surface area contributed by atoms with E-state index >= 15 is 0 Å². The zero-order chi connectivity index (χ0) is 24.2. The number of likely N-dealkylation sites (tertiary alicyclic amines) is 1. The molecule has 1 aliphatic carbocycles. The molecule has 1 aliphatic heterocycles. The molecule has 0 spiro atoms. The lowest BCUT2D eigenvalue weighted by molar-refractivity contribution is 0.102. The summed E-state index contributed by atoms with van der Waals surface area (Å²) in [6.07, 6.45) is 7.71. The number of hydrogen-bond donors (Lipinski definition) is 1. The number of halogens is 1. The summed E-state index contributed by atoms with van der Waals surface area (Å²) < 4.78 is 5.70. The first-order valence-corrected chi connectivity index (χ1v) is 13.1. The van der Waals surface area contributed by atoms with Crippen LogP contribution in [0.3, 0.4) is 0 Å². The van der Waals surface area contributed by atoms with Gasteiger partial charge in [0.05, 0.1) is 7.11 Å². The van der Waals surface area contributed by atoms with Crippen molar-refractivity contribution in [3.63, 3.8) is 0 Å². The number of amides is 1. The lowest BCUT2D eigenvalue weighted by Gasteiger charge is -2.36. The van der Waals surface area contributed by atoms with Crippen LogP contribution >= 0.6 is 11.6 Å². The van der Waals surface area contributed by atoms with E-state index in [0.717, 1.165) is 54.5 Å². The Morgan fingerprint density at radius 1 is 0.943 bits per heavy atom. The van der Waals surface area contributed by atoms with Crippen molar-refractivity contribution < 1.29 is 9.53 Å².